The molecule has 1 N–H and O–H groups in total. The van der Waals surface area contributed by atoms with Gasteiger partial charge in [-0.25, -0.2) is 0 Å². The largest absolute Gasteiger partial charge is 0.486 e. The van der Waals surface area contributed by atoms with Crippen molar-refractivity contribution in [3.63, 3.8) is 0 Å². The van der Waals surface area contributed by atoms with Gasteiger partial charge in [0.25, 0.3) is 5.91 Å². The Labute approximate surface area is 154 Å². The van der Waals surface area contributed by atoms with Crippen molar-refractivity contribution < 1.29 is 27.4 Å². The molecule has 1 aliphatic rings. The summed E-state index contributed by atoms with van der Waals surface area (Å²) in [6.07, 6.45) is -4.62. The molecule has 0 atom stereocenters. The molecule has 1 amide bonds. The molecule has 0 spiro atoms. The van der Waals surface area contributed by atoms with Gasteiger partial charge in [-0.05, 0) is 46.3 Å². The second-order valence-corrected chi connectivity index (χ2v) is 6.38. The van der Waals surface area contributed by atoms with Gasteiger partial charge in [0.2, 0.25) is 0 Å². The summed E-state index contributed by atoms with van der Waals surface area (Å²) in [7, 11) is 0. The average molecular weight is 437 g/mol. The third kappa shape index (κ3) is 3.85. The topological polar surface area (TPSA) is 47.6 Å². The second kappa shape index (κ2) is 6.76. The highest BCUT2D eigenvalue weighted by molar-refractivity contribution is 9.10. The van der Waals surface area contributed by atoms with Crippen LogP contribution in [0.2, 0.25) is 5.02 Å². The van der Waals surface area contributed by atoms with Crippen LogP contribution in [0.1, 0.15) is 15.9 Å². The average Bonchev–Trinajstić information content (AvgIpc) is 2.54. The molecule has 2 aromatic rings. The summed E-state index contributed by atoms with van der Waals surface area (Å²) in [5, 5.41) is 1.98. The molecule has 3 rings (SSSR count). The predicted octanol–water partition coefficient (Wildman–Crippen LogP) is 5.14. The minimum atomic E-state index is -4.62. The summed E-state index contributed by atoms with van der Waals surface area (Å²) < 4.78 is 50.0. The van der Waals surface area contributed by atoms with Gasteiger partial charge >= 0.3 is 6.18 Å². The maximum absolute atomic E-state index is 12.9. The van der Waals surface area contributed by atoms with E-state index in [0.29, 0.717) is 29.2 Å². The SMILES string of the molecule is O=C(Nc1ccc(Cl)c(C(F)(F)F)c1)c1cc2c(cc1Br)OCCO2. The lowest BCUT2D eigenvalue weighted by Crippen LogP contribution is -2.18. The first-order valence-corrected chi connectivity index (χ1v) is 8.20. The van der Waals surface area contributed by atoms with Crippen molar-refractivity contribution in [2.24, 2.45) is 0 Å². The van der Waals surface area contributed by atoms with Crippen molar-refractivity contribution in [2.75, 3.05) is 18.5 Å². The number of alkyl halides is 3. The molecule has 132 valence electrons. The monoisotopic (exact) mass is 435 g/mol. The van der Waals surface area contributed by atoms with Gasteiger partial charge in [0.1, 0.15) is 13.2 Å². The van der Waals surface area contributed by atoms with Gasteiger partial charge in [-0.15, -0.1) is 0 Å². The highest BCUT2D eigenvalue weighted by Crippen LogP contribution is 2.37. The van der Waals surface area contributed by atoms with E-state index in [1.165, 1.54) is 12.1 Å². The molecule has 4 nitrogen and oxygen atoms in total. The number of hydrogen-bond acceptors (Lipinski definition) is 3. The molecule has 25 heavy (non-hydrogen) atoms. The summed E-state index contributed by atoms with van der Waals surface area (Å²) >= 11 is 8.82. The highest BCUT2D eigenvalue weighted by Gasteiger charge is 2.33. The van der Waals surface area contributed by atoms with Crippen molar-refractivity contribution in [2.45, 2.75) is 6.18 Å². The number of carbonyl (C=O) groups is 1. The van der Waals surface area contributed by atoms with E-state index in [1.807, 2.05) is 0 Å². The van der Waals surface area contributed by atoms with Crippen LogP contribution < -0.4 is 14.8 Å². The lowest BCUT2D eigenvalue weighted by atomic mass is 10.1. The van der Waals surface area contributed by atoms with Gasteiger partial charge in [-0.2, -0.15) is 13.2 Å². The number of rotatable bonds is 2. The van der Waals surface area contributed by atoms with Gasteiger partial charge < -0.3 is 14.8 Å². The van der Waals surface area contributed by atoms with Gasteiger partial charge in [0, 0.05) is 10.2 Å². The van der Waals surface area contributed by atoms with Crippen LogP contribution in [0.4, 0.5) is 18.9 Å². The second-order valence-electron chi connectivity index (χ2n) is 5.12. The van der Waals surface area contributed by atoms with Gasteiger partial charge in [0.15, 0.2) is 11.5 Å². The Morgan fingerprint density at radius 1 is 1.12 bits per heavy atom. The smallest absolute Gasteiger partial charge is 0.417 e. The third-order valence-electron chi connectivity index (χ3n) is 3.41. The summed E-state index contributed by atoms with van der Waals surface area (Å²) in [4.78, 5) is 12.4. The quantitative estimate of drug-likeness (QED) is 0.709. The van der Waals surface area contributed by atoms with Crippen molar-refractivity contribution >= 4 is 39.1 Å². The molecule has 0 radical (unpaired) electrons. The number of anilines is 1. The number of halogens is 5. The standard InChI is InChI=1S/C16H10BrClF3NO3/c17-11-7-14-13(24-3-4-25-14)6-9(11)15(23)22-8-1-2-12(18)10(5-8)16(19,20)21/h1-2,5-7H,3-4H2,(H,22,23). The zero-order chi connectivity index (χ0) is 18.2. The molecule has 0 saturated carbocycles. The van der Waals surface area contributed by atoms with Crippen LogP contribution in [0.15, 0.2) is 34.8 Å². The zero-order valence-corrected chi connectivity index (χ0v) is 14.8. The minimum absolute atomic E-state index is 0.0245. The van der Waals surface area contributed by atoms with E-state index in [9.17, 15) is 18.0 Å². The Hall–Kier alpha value is -1.93. The van der Waals surface area contributed by atoms with Gasteiger partial charge in [-0.3, -0.25) is 4.79 Å². The molecule has 2 aromatic carbocycles. The van der Waals surface area contributed by atoms with Crippen molar-refractivity contribution in [1.29, 1.82) is 0 Å². The predicted molar refractivity (Wildman–Crippen MR) is 89.5 cm³/mol. The first kappa shape index (κ1) is 17.9. The maximum Gasteiger partial charge on any atom is 0.417 e. The van der Waals surface area contributed by atoms with E-state index < -0.39 is 22.7 Å². The molecule has 0 aliphatic carbocycles. The Morgan fingerprint density at radius 3 is 2.40 bits per heavy atom. The summed E-state index contributed by atoms with van der Waals surface area (Å²) in [6.45, 7) is 0.748. The van der Waals surface area contributed by atoms with Crippen LogP contribution in [-0.4, -0.2) is 19.1 Å². The van der Waals surface area contributed by atoms with Crippen LogP contribution >= 0.6 is 27.5 Å². The Morgan fingerprint density at radius 2 is 1.76 bits per heavy atom. The number of nitrogens with one attached hydrogen (secondary N) is 1. The van der Waals surface area contributed by atoms with E-state index in [0.717, 1.165) is 12.1 Å². The molecule has 9 heteroatoms. The van der Waals surface area contributed by atoms with Gasteiger partial charge in [-0.1, -0.05) is 11.6 Å². The van der Waals surface area contributed by atoms with Crippen LogP contribution in [0, 0.1) is 0 Å². The van der Waals surface area contributed by atoms with E-state index in [-0.39, 0.29) is 11.3 Å². The molecule has 1 heterocycles. The van der Waals surface area contributed by atoms with Crippen LogP contribution in [-0.2, 0) is 6.18 Å². The lowest BCUT2D eigenvalue weighted by Gasteiger charge is -2.19. The Kier molecular flexibility index (Phi) is 4.83. The Balaban J connectivity index is 1.88. The molecular weight excluding hydrogens is 427 g/mol. The number of fused-ring (bicyclic) bond motifs is 1. The lowest BCUT2D eigenvalue weighted by molar-refractivity contribution is -0.137. The number of hydrogen-bond donors (Lipinski definition) is 1. The summed E-state index contributed by atoms with van der Waals surface area (Å²) in [5.41, 5.74) is -0.843. The zero-order valence-electron chi connectivity index (χ0n) is 12.4. The normalized spacial score (nSPS) is 13.5. The fraction of sp³-hybridized carbons (Fsp3) is 0.188. The molecule has 0 aromatic heterocycles. The van der Waals surface area contributed by atoms with E-state index in [1.54, 1.807) is 6.07 Å². The first-order valence-electron chi connectivity index (χ1n) is 7.03. The molecule has 0 unspecified atom stereocenters. The van der Waals surface area contributed by atoms with Crippen molar-refractivity contribution in [3.05, 3.63) is 51.0 Å². The van der Waals surface area contributed by atoms with Crippen LogP contribution in [0.3, 0.4) is 0 Å². The maximum atomic E-state index is 12.9. The highest BCUT2D eigenvalue weighted by atomic mass is 79.9. The Bertz CT molecular complexity index is 842. The molecular formula is C16H10BrClF3NO3. The van der Waals surface area contributed by atoms with E-state index in [2.05, 4.69) is 21.2 Å². The van der Waals surface area contributed by atoms with E-state index in [4.69, 9.17) is 21.1 Å². The first-order chi connectivity index (χ1) is 11.8. The number of amides is 1. The molecule has 0 bridgehead atoms. The van der Waals surface area contributed by atoms with Crippen molar-refractivity contribution in [1.82, 2.24) is 0 Å². The fourth-order valence-electron chi connectivity index (χ4n) is 2.26. The molecule has 0 fully saturated rings. The van der Waals surface area contributed by atoms with E-state index >= 15 is 0 Å². The van der Waals surface area contributed by atoms with Crippen molar-refractivity contribution in [3.8, 4) is 11.5 Å². The number of benzene rings is 2. The number of carbonyl (C=O) groups excluding carboxylic acids is 1. The minimum Gasteiger partial charge on any atom is -0.486 e. The van der Waals surface area contributed by atoms with Crippen LogP contribution in [0.5, 0.6) is 11.5 Å². The van der Waals surface area contributed by atoms with Gasteiger partial charge in [0.05, 0.1) is 16.1 Å². The third-order valence-corrected chi connectivity index (χ3v) is 4.39. The summed E-state index contributed by atoms with van der Waals surface area (Å²) in [6, 6.07) is 6.20. The molecule has 1 aliphatic heterocycles. The van der Waals surface area contributed by atoms with Crippen LogP contribution in [0.25, 0.3) is 0 Å². The number of ether oxygens (including phenoxy) is 2. The molecule has 0 saturated heterocycles. The summed E-state index contributed by atoms with van der Waals surface area (Å²) in [5.74, 6) is 0.284. The fourth-order valence-corrected chi connectivity index (χ4v) is 2.98.